The van der Waals surface area contributed by atoms with E-state index in [-0.39, 0.29) is 5.78 Å². The van der Waals surface area contributed by atoms with Crippen LogP contribution in [0.5, 0.6) is 5.75 Å². The second-order valence-corrected chi connectivity index (χ2v) is 4.15. The summed E-state index contributed by atoms with van der Waals surface area (Å²) >= 11 is 0. The summed E-state index contributed by atoms with van der Waals surface area (Å²) in [6.45, 7) is 2.49. The maximum atomic E-state index is 12.2. The number of hydrogen-bond donors (Lipinski definition) is 1. The fraction of sp³-hybridized carbons (Fsp3) is 0.200. The van der Waals surface area contributed by atoms with Crippen molar-refractivity contribution in [1.29, 1.82) is 0 Å². The molecule has 0 amide bonds. The van der Waals surface area contributed by atoms with Gasteiger partial charge in [-0.2, -0.15) is 0 Å². The molecule has 0 atom stereocenters. The van der Waals surface area contributed by atoms with E-state index in [0.29, 0.717) is 30.2 Å². The van der Waals surface area contributed by atoms with Crippen LogP contribution in [0.25, 0.3) is 0 Å². The molecule has 0 unspecified atom stereocenters. The lowest BCUT2D eigenvalue weighted by atomic mass is 10.0. The third-order valence-corrected chi connectivity index (χ3v) is 2.68. The lowest BCUT2D eigenvalue weighted by Gasteiger charge is -2.06. The Hall–Kier alpha value is -2.36. The number of hydrogen-bond acceptors (Lipinski definition) is 4. The number of pyridine rings is 1. The Morgan fingerprint density at radius 3 is 2.89 bits per heavy atom. The highest BCUT2D eigenvalue weighted by Crippen LogP contribution is 2.15. The van der Waals surface area contributed by atoms with Crippen molar-refractivity contribution in [3.63, 3.8) is 0 Å². The average molecular weight is 256 g/mol. The molecule has 1 heterocycles. The zero-order chi connectivity index (χ0) is 13.7. The highest BCUT2D eigenvalue weighted by atomic mass is 16.5. The van der Waals surface area contributed by atoms with E-state index in [1.165, 1.54) is 0 Å². The summed E-state index contributed by atoms with van der Waals surface area (Å²) in [7, 11) is 0. The van der Waals surface area contributed by atoms with E-state index in [1.54, 1.807) is 30.5 Å². The van der Waals surface area contributed by atoms with Crippen molar-refractivity contribution in [2.75, 3.05) is 12.3 Å². The quantitative estimate of drug-likeness (QED) is 0.835. The third kappa shape index (κ3) is 3.55. The number of carbonyl (C=O) groups is 1. The van der Waals surface area contributed by atoms with Gasteiger partial charge in [-0.25, -0.2) is 4.98 Å². The van der Waals surface area contributed by atoms with E-state index in [1.807, 2.05) is 19.1 Å². The van der Waals surface area contributed by atoms with Gasteiger partial charge in [0.15, 0.2) is 5.78 Å². The van der Waals surface area contributed by atoms with Gasteiger partial charge in [-0.3, -0.25) is 4.79 Å². The first kappa shape index (κ1) is 13.1. The highest BCUT2D eigenvalue weighted by Gasteiger charge is 2.08. The molecule has 19 heavy (non-hydrogen) atoms. The minimum absolute atomic E-state index is 0.0344. The van der Waals surface area contributed by atoms with Crippen LogP contribution in [-0.4, -0.2) is 17.4 Å². The Morgan fingerprint density at radius 2 is 2.16 bits per heavy atom. The molecule has 0 fully saturated rings. The van der Waals surface area contributed by atoms with E-state index in [9.17, 15) is 4.79 Å². The molecule has 2 N–H and O–H groups in total. The number of rotatable bonds is 5. The molecule has 2 rings (SSSR count). The summed E-state index contributed by atoms with van der Waals surface area (Å²) in [5.74, 6) is 1.17. The zero-order valence-corrected chi connectivity index (χ0v) is 10.8. The second kappa shape index (κ2) is 6.00. The predicted molar refractivity (Wildman–Crippen MR) is 74.3 cm³/mol. The minimum atomic E-state index is 0.0344. The van der Waals surface area contributed by atoms with Gasteiger partial charge in [-0.1, -0.05) is 12.1 Å². The van der Waals surface area contributed by atoms with Crippen LogP contribution in [0.3, 0.4) is 0 Å². The van der Waals surface area contributed by atoms with Crippen LogP contribution in [0.15, 0.2) is 42.6 Å². The fourth-order valence-corrected chi connectivity index (χ4v) is 1.82. The monoisotopic (exact) mass is 256 g/mol. The maximum Gasteiger partial charge on any atom is 0.167 e. The lowest BCUT2D eigenvalue weighted by Crippen LogP contribution is -2.05. The molecule has 0 saturated carbocycles. The summed E-state index contributed by atoms with van der Waals surface area (Å²) in [5.41, 5.74) is 7.09. The van der Waals surface area contributed by atoms with Crippen molar-refractivity contribution < 1.29 is 9.53 Å². The molecule has 2 aromatic rings. The summed E-state index contributed by atoms with van der Waals surface area (Å²) in [6.07, 6.45) is 1.91. The van der Waals surface area contributed by atoms with E-state index in [0.717, 1.165) is 5.56 Å². The van der Waals surface area contributed by atoms with Gasteiger partial charge in [0.1, 0.15) is 11.6 Å². The summed E-state index contributed by atoms with van der Waals surface area (Å²) < 4.78 is 5.38. The van der Waals surface area contributed by atoms with Gasteiger partial charge in [-0.05, 0) is 36.8 Å². The van der Waals surface area contributed by atoms with E-state index >= 15 is 0 Å². The molecule has 4 nitrogen and oxygen atoms in total. The van der Waals surface area contributed by atoms with Gasteiger partial charge >= 0.3 is 0 Å². The summed E-state index contributed by atoms with van der Waals surface area (Å²) in [5, 5.41) is 0. The number of Topliss-reactive ketones (excluding diaryl/α,β-unsaturated/α-hetero) is 1. The molecule has 4 heteroatoms. The molecule has 0 aliphatic rings. The highest BCUT2D eigenvalue weighted by molar-refractivity contribution is 5.97. The zero-order valence-electron chi connectivity index (χ0n) is 10.8. The van der Waals surface area contributed by atoms with Gasteiger partial charge in [0.2, 0.25) is 0 Å². The number of benzene rings is 1. The molecular weight excluding hydrogens is 240 g/mol. The number of nitrogen functional groups attached to an aromatic ring is 1. The number of aromatic nitrogens is 1. The number of nitrogens with two attached hydrogens (primary N) is 1. The number of ether oxygens (including phenoxy) is 1. The van der Waals surface area contributed by atoms with Crippen LogP contribution in [0.1, 0.15) is 22.8 Å². The van der Waals surface area contributed by atoms with Crippen molar-refractivity contribution in [3.05, 3.63) is 53.7 Å². The average Bonchev–Trinajstić information content (AvgIpc) is 2.39. The molecular formula is C15H16N2O2. The molecule has 1 aromatic heterocycles. The summed E-state index contributed by atoms with van der Waals surface area (Å²) in [4.78, 5) is 16.1. The van der Waals surface area contributed by atoms with Crippen LogP contribution < -0.4 is 10.5 Å². The van der Waals surface area contributed by atoms with Crippen LogP contribution in [0, 0.1) is 0 Å². The Kier molecular flexibility index (Phi) is 4.13. The molecule has 0 saturated heterocycles. The van der Waals surface area contributed by atoms with Crippen molar-refractivity contribution in [3.8, 4) is 5.75 Å². The van der Waals surface area contributed by atoms with Crippen LogP contribution >= 0.6 is 0 Å². The Morgan fingerprint density at radius 1 is 1.32 bits per heavy atom. The Labute approximate surface area is 112 Å². The number of nitrogens with zero attached hydrogens (tertiary/aromatic N) is 1. The van der Waals surface area contributed by atoms with Gasteiger partial charge in [0.05, 0.1) is 6.61 Å². The standard InChI is InChI=1S/C15H16N2O2/c1-2-19-13-5-3-4-12(10-13)14(18)8-11-6-7-17-15(16)9-11/h3-7,9-10H,2,8H2,1H3,(H2,16,17). The molecule has 0 bridgehead atoms. The molecule has 0 aliphatic heterocycles. The van der Waals surface area contributed by atoms with Crippen LogP contribution in [-0.2, 0) is 6.42 Å². The van der Waals surface area contributed by atoms with Crippen molar-refractivity contribution in [2.24, 2.45) is 0 Å². The van der Waals surface area contributed by atoms with Crippen molar-refractivity contribution in [2.45, 2.75) is 13.3 Å². The fourth-order valence-electron chi connectivity index (χ4n) is 1.82. The molecule has 0 radical (unpaired) electrons. The van der Waals surface area contributed by atoms with E-state index in [2.05, 4.69) is 4.98 Å². The Balaban J connectivity index is 2.13. The molecule has 0 aliphatic carbocycles. The number of ketones is 1. The second-order valence-electron chi connectivity index (χ2n) is 4.15. The summed E-state index contributed by atoms with van der Waals surface area (Å²) in [6, 6.07) is 10.7. The first-order valence-electron chi connectivity index (χ1n) is 6.15. The lowest BCUT2D eigenvalue weighted by molar-refractivity contribution is 0.0992. The van der Waals surface area contributed by atoms with Gasteiger partial charge in [0.25, 0.3) is 0 Å². The van der Waals surface area contributed by atoms with E-state index in [4.69, 9.17) is 10.5 Å². The first-order valence-corrected chi connectivity index (χ1v) is 6.15. The van der Waals surface area contributed by atoms with Crippen molar-refractivity contribution >= 4 is 11.6 Å². The molecule has 98 valence electrons. The Bertz CT molecular complexity index is 582. The predicted octanol–water partition coefficient (Wildman–Crippen LogP) is 2.49. The number of anilines is 1. The van der Waals surface area contributed by atoms with Crippen LogP contribution in [0.2, 0.25) is 0 Å². The van der Waals surface area contributed by atoms with Gasteiger partial charge in [0, 0.05) is 18.2 Å². The maximum absolute atomic E-state index is 12.2. The third-order valence-electron chi connectivity index (χ3n) is 2.68. The normalized spacial score (nSPS) is 10.2. The van der Waals surface area contributed by atoms with Gasteiger partial charge < -0.3 is 10.5 Å². The molecule has 0 spiro atoms. The van der Waals surface area contributed by atoms with Gasteiger partial charge in [-0.15, -0.1) is 0 Å². The topological polar surface area (TPSA) is 65.2 Å². The molecule has 1 aromatic carbocycles. The minimum Gasteiger partial charge on any atom is -0.494 e. The van der Waals surface area contributed by atoms with E-state index < -0.39 is 0 Å². The number of carbonyl (C=O) groups excluding carboxylic acids is 1. The smallest absolute Gasteiger partial charge is 0.167 e. The van der Waals surface area contributed by atoms with Crippen LogP contribution in [0.4, 0.5) is 5.82 Å². The first-order chi connectivity index (χ1) is 9.19. The SMILES string of the molecule is CCOc1cccc(C(=O)Cc2ccnc(N)c2)c1. The van der Waals surface area contributed by atoms with Crippen molar-refractivity contribution in [1.82, 2.24) is 4.98 Å². The largest absolute Gasteiger partial charge is 0.494 e.